The predicted octanol–water partition coefficient (Wildman–Crippen LogP) is 1.73. The summed E-state index contributed by atoms with van der Waals surface area (Å²) in [5.41, 5.74) is 1.02. The molecule has 0 radical (unpaired) electrons. The van der Waals surface area contributed by atoms with Crippen molar-refractivity contribution in [3.8, 4) is 0 Å². The quantitative estimate of drug-likeness (QED) is 0.871. The molecular formula is C14H19N5O. The molecule has 6 heteroatoms. The summed E-state index contributed by atoms with van der Waals surface area (Å²) in [6.45, 7) is 4.52. The first-order chi connectivity index (χ1) is 9.65. The summed E-state index contributed by atoms with van der Waals surface area (Å²) < 4.78 is 1.79. The maximum Gasteiger partial charge on any atom is 0.315 e. The smallest absolute Gasteiger partial charge is 0.315 e. The summed E-state index contributed by atoms with van der Waals surface area (Å²) in [7, 11) is 0. The fourth-order valence-corrected chi connectivity index (χ4v) is 1.93. The summed E-state index contributed by atoms with van der Waals surface area (Å²) in [4.78, 5) is 15.9. The van der Waals surface area contributed by atoms with Crippen molar-refractivity contribution in [2.45, 2.75) is 32.5 Å². The van der Waals surface area contributed by atoms with E-state index in [2.05, 4.69) is 20.7 Å². The average molecular weight is 273 g/mol. The van der Waals surface area contributed by atoms with Crippen LogP contribution in [0, 0.1) is 0 Å². The van der Waals surface area contributed by atoms with Gasteiger partial charge in [-0.25, -0.2) is 4.79 Å². The van der Waals surface area contributed by atoms with Gasteiger partial charge in [0.15, 0.2) is 0 Å². The zero-order valence-corrected chi connectivity index (χ0v) is 11.7. The van der Waals surface area contributed by atoms with E-state index in [9.17, 15) is 4.79 Å². The summed E-state index contributed by atoms with van der Waals surface area (Å²) >= 11 is 0. The van der Waals surface area contributed by atoms with Crippen LogP contribution in [-0.2, 0) is 6.54 Å². The Kier molecular flexibility index (Phi) is 4.70. The van der Waals surface area contributed by atoms with Gasteiger partial charge in [-0.05, 0) is 37.6 Å². The Morgan fingerprint density at radius 2 is 2.00 bits per heavy atom. The minimum Gasteiger partial charge on any atom is -0.334 e. The Hall–Kier alpha value is -2.37. The minimum absolute atomic E-state index is 0.000426. The van der Waals surface area contributed by atoms with Crippen LogP contribution in [0.25, 0.3) is 0 Å². The van der Waals surface area contributed by atoms with Crippen molar-refractivity contribution in [3.05, 3.63) is 48.5 Å². The van der Waals surface area contributed by atoms with Gasteiger partial charge in [-0.2, -0.15) is 5.10 Å². The molecule has 0 fully saturated rings. The fourth-order valence-electron chi connectivity index (χ4n) is 1.93. The van der Waals surface area contributed by atoms with Crippen LogP contribution in [0.1, 0.15) is 25.5 Å². The fraction of sp³-hybridized carbons (Fsp3) is 0.357. The molecule has 2 amide bonds. The molecule has 0 saturated heterocycles. The third-order valence-corrected chi connectivity index (χ3v) is 2.95. The van der Waals surface area contributed by atoms with Crippen LogP contribution < -0.4 is 10.6 Å². The Balaban J connectivity index is 1.80. The van der Waals surface area contributed by atoms with Crippen LogP contribution in [0.3, 0.4) is 0 Å². The van der Waals surface area contributed by atoms with Gasteiger partial charge in [-0.15, -0.1) is 0 Å². The van der Waals surface area contributed by atoms with Crippen molar-refractivity contribution >= 4 is 6.03 Å². The molecule has 0 aliphatic carbocycles. The van der Waals surface area contributed by atoms with Gasteiger partial charge in [0.05, 0.1) is 12.6 Å². The van der Waals surface area contributed by atoms with Gasteiger partial charge in [-0.1, -0.05) is 0 Å². The average Bonchev–Trinajstić information content (AvgIpc) is 2.92. The minimum atomic E-state index is -0.186. The predicted molar refractivity (Wildman–Crippen MR) is 76.0 cm³/mol. The molecule has 2 atom stereocenters. The topological polar surface area (TPSA) is 71.8 Å². The van der Waals surface area contributed by atoms with Crippen LogP contribution in [-0.4, -0.2) is 26.8 Å². The summed E-state index contributed by atoms with van der Waals surface area (Å²) in [5.74, 6) is 0. The lowest BCUT2D eigenvalue weighted by atomic mass is 10.1. The second kappa shape index (κ2) is 6.70. The number of amides is 2. The van der Waals surface area contributed by atoms with Crippen LogP contribution in [0.2, 0.25) is 0 Å². The highest BCUT2D eigenvalue weighted by Gasteiger charge is 2.11. The summed E-state index contributed by atoms with van der Waals surface area (Å²) in [5, 5.41) is 9.90. The molecular weight excluding hydrogens is 254 g/mol. The number of carbonyl (C=O) groups is 1. The van der Waals surface area contributed by atoms with Gasteiger partial charge in [-0.3, -0.25) is 9.67 Å². The number of nitrogens with one attached hydrogen (secondary N) is 2. The Bertz CT molecular complexity index is 526. The molecule has 0 saturated carbocycles. The molecule has 0 unspecified atom stereocenters. The molecule has 2 aromatic heterocycles. The van der Waals surface area contributed by atoms with Crippen molar-refractivity contribution in [1.29, 1.82) is 0 Å². The van der Waals surface area contributed by atoms with E-state index in [1.165, 1.54) is 0 Å². The Morgan fingerprint density at radius 1 is 1.25 bits per heavy atom. The lowest BCUT2D eigenvalue weighted by molar-refractivity contribution is 0.233. The molecule has 20 heavy (non-hydrogen) atoms. The first-order valence-corrected chi connectivity index (χ1v) is 6.59. The molecule has 106 valence electrons. The van der Waals surface area contributed by atoms with Crippen molar-refractivity contribution in [2.75, 3.05) is 0 Å². The van der Waals surface area contributed by atoms with Crippen molar-refractivity contribution in [2.24, 2.45) is 0 Å². The number of hydrogen-bond acceptors (Lipinski definition) is 3. The van der Waals surface area contributed by atoms with Crippen LogP contribution in [0.5, 0.6) is 0 Å². The lowest BCUT2D eigenvalue weighted by Gasteiger charge is -2.18. The first kappa shape index (κ1) is 14.0. The van der Waals surface area contributed by atoms with E-state index < -0.39 is 0 Å². The third kappa shape index (κ3) is 4.08. The number of hydrogen-bond donors (Lipinski definition) is 2. The lowest BCUT2D eigenvalue weighted by Crippen LogP contribution is -2.43. The van der Waals surface area contributed by atoms with Crippen LogP contribution >= 0.6 is 0 Å². The maximum atomic E-state index is 11.9. The van der Waals surface area contributed by atoms with Crippen molar-refractivity contribution in [1.82, 2.24) is 25.4 Å². The monoisotopic (exact) mass is 273 g/mol. The Morgan fingerprint density at radius 3 is 2.65 bits per heavy atom. The molecule has 0 aliphatic heterocycles. The van der Waals surface area contributed by atoms with Gasteiger partial charge in [0, 0.05) is 30.8 Å². The number of rotatable bonds is 5. The van der Waals surface area contributed by atoms with Crippen LogP contribution in [0.15, 0.2) is 43.0 Å². The SMILES string of the molecule is C[C@H](NC(=O)N[C@@H](C)Cn1cccn1)c1ccncc1. The molecule has 0 bridgehead atoms. The molecule has 0 spiro atoms. The van der Waals surface area contributed by atoms with E-state index in [1.807, 2.05) is 38.2 Å². The molecule has 2 N–H and O–H groups in total. The Labute approximate surface area is 118 Å². The maximum absolute atomic E-state index is 11.9. The molecule has 2 rings (SSSR count). The molecule has 2 aromatic rings. The largest absolute Gasteiger partial charge is 0.334 e. The van der Waals surface area contributed by atoms with Crippen molar-refractivity contribution < 1.29 is 4.79 Å². The number of carbonyl (C=O) groups excluding carboxylic acids is 1. The highest BCUT2D eigenvalue weighted by Crippen LogP contribution is 2.09. The van der Waals surface area contributed by atoms with Gasteiger partial charge >= 0.3 is 6.03 Å². The second-order valence-electron chi connectivity index (χ2n) is 4.75. The number of nitrogens with zero attached hydrogens (tertiary/aromatic N) is 3. The number of pyridine rings is 1. The van der Waals surface area contributed by atoms with E-state index in [-0.39, 0.29) is 18.1 Å². The third-order valence-electron chi connectivity index (χ3n) is 2.95. The second-order valence-corrected chi connectivity index (χ2v) is 4.75. The van der Waals surface area contributed by atoms with E-state index in [4.69, 9.17) is 0 Å². The molecule has 2 heterocycles. The highest BCUT2D eigenvalue weighted by molar-refractivity contribution is 5.74. The van der Waals surface area contributed by atoms with E-state index in [0.29, 0.717) is 6.54 Å². The van der Waals surface area contributed by atoms with Gasteiger partial charge in [0.25, 0.3) is 0 Å². The zero-order valence-electron chi connectivity index (χ0n) is 11.7. The standard InChI is InChI=1S/C14H19N5O/c1-11(10-19-9-3-6-16-19)17-14(20)18-12(2)13-4-7-15-8-5-13/h3-9,11-12H,10H2,1-2H3,(H2,17,18,20)/t11-,12-/m0/s1. The van der Waals surface area contributed by atoms with Gasteiger partial charge in [0.2, 0.25) is 0 Å². The van der Waals surface area contributed by atoms with Crippen LogP contribution in [0.4, 0.5) is 4.79 Å². The van der Waals surface area contributed by atoms with E-state index >= 15 is 0 Å². The van der Waals surface area contributed by atoms with E-state index in [1.54, 1.807) is 23.3 Å². The highest BCUT2D eigenvalue weighted by atomic mass is 16.2. The van der Waals surface area contributed by atoms with Gasteiger partial charge in [0.1, 0.15) is 0 Å². The van der Waals surface area contributed by atoms with Crippen molar-refractivity contribution in [3.63, 3.8) is 0 Å². The molecule has 0 aromatic carbocycles. The van der Waals surface area contributed by atoms with E-state index in [0.717, 1.165) is 5.56 Å². The summed E-state index contributed by atoms with van der Waals surface area (Å²) in [6.07, 6.45) is 7.02. The molecule has 0 aliphatic rings. The van der Waals surface area contributed by atoms with Gasteiger partial charge < -0.3 is 10.6 Å². The normalized spacial score (nSPS) is 13.5. The molecule has 6 nitrogen and oxygen atoms in total. The summed E-state index contributed by atoms with van der Waals surface area (Å²) in [6, 6.07) is 5.39. The first-order valence-electron chi connectivity index (χ1n) is 6.59. The number of aromatic nitrogens is 3. The zero-order chi connectivity index (χ0) is 14.4. The number of urea groups is 1.